The molecule has 0 unspecified atom stereocenters. The van der Waals surface area contributed by atoms with Crippen LogP contribution >= 0.6 is 15.9 Å². The van der Waals surface area contributed by atoms with Crippen LogP contribution in [0.25, 0.3) is 0 Å². The minimum Gasteiger partial charge on any atom is -0.328 e. The average Bonchev–Trinajstić information content (AvgIpc) is 2.55. The lowest BCUT2D eigenvalue weighted by molar-refractivity contribution is -0.918. The molecule has 1 N–H and O–H groups in total. The second-order valence-corrected chi connectivity index (χ2v) is 6.58. The van der Waals surface area contributed by atoms with Crippen molar-refractivity contribution in [3.05, 3.63) is 70.2 Å². The van der Waals surface area contributed by atoms with Crippen LogP contribution in [0.2, 0.25) is 0 Å². The summed E-state index contributed by atoms with van der Waals surface area (Å²) >= 11 is 3.49. The topological polar surface area (TPSA) is 20.0 Å². The molecule has 22 heavy (non-hydrogen) atoms. The molecule has 3 nitrogen and oxygen atoms in total. The lowest BCUT2D eigenvalue weighted by atomic mass is 10.2. The molecule has 1 fully saturated rings. The molecule has 3 rings (SSSR count). The van der Waals surface area contributed by atoms with Crippen molar-refractivity contribution in [2.24, 2.45) is 5.10 Å². The van der Waals surface area contributed by atoms with Gasteiger partial charge in [-0.05, 0) is 17.7 Å². The summed E-state index contributed by atoms with van der Waals surface area (Å²) < 4.78 is 1.09. The second-order valence-electron chi connectivity index (χ2n) is 5.67. The van der Waals surface area contributed by atoms with Crippen molar-refractivity contribution in [1.29, 1.82) is 0 Å². The monoisotopic (exact) mass is 358 g/mol. The van der Waals surface area contributed by atoms with Gasteiger partial charge in [0.05, 0.1) is 32.4 Å². The predicted octanol–water partition coefficient (Wildman–Crippen LogP) is 2.18. The number of benzene rings is 2. The number of rotatable bonds is 4. The number of piperazine rings is 1. The highest BCUT2D eigenvalue weighted by molar-refractivity contribution is 9.10. The summed E-state index contributed by atoms with van der Waals surface area (Å²) in [6.45, 7) is 5.44. The number of nitrogens with one attached hydrogen (secondary N) is 1. The number of hydrogen-bond donors (Lipinski definition) is 1. The number of quaternary nitrogens is 1. The van der Waals surface area contributed by atoms with Crippen LogP contribution in [0, 0.1) is 0 Å². The lowest BCUT2D eigenvalue weighted by Gasteiger charge is -2.30. The van der Waals surface area contributed by atoms with Gasteiger partial charge in [-0.15, -0.1) is 0 Å². The van der Waals surface area contributed by atoms with E-state index in [-0.39, 0.29) is 0 Å². The molecule has 1 saturated heterocycles. The highest BCUT2D eigenvalue weighted by atomic mass is 79.9. The van der Waals surface area contributed by atoms with Gasteiger partial charge in [-0.1, -0.05) is 58.4 Å². The van der Waals surface area contributed by atoms with Gasteiger partial charge >= 0.3 is 0 Å². The number of hydrogen-bond acceptors (Lipinski definition) is 2. The molecule has 1 aliphatic rings. The van der Waals surface area contributed by atoms with Gasteiger partial charge in [0.25, 0.3) is 0 Å². The van der Waals surface area contributed by atoms with E-state index in [1.54, 1.807) is 4.90 Å². The second kappa shape index (κ2) is 7.56. The molecule has 0 radical (unpaired) electrons. The third-order valence-corrected chi connectivity index (χ3v) is 4.46. The molecule has 0 atom stereocenters. The molecule has 0 spiro atoms. The van der Waals surface area contributed by atoms with Crippen molar-refractivity contribution in [3.63, 3.8) is 0 Å². The first-order valence-electron chi connectivity index (χ1n) is 7.71. The minimum atomic E-state index is 1.02. The molecule has 0 amide bonds. The smallest absolute Gasteiger partial charge is 0.103 e. The first kappa shape index (κ1) is 15.3. The van der Waals surface area contributed by atoms with E-state index in [4.69, 9.17) is 0 Å². The van der Waals surface area contributed by atoms with E-state index >= 15 is 0 Å². The van der Waals surface area contributed by atoms with Crippen LogP contribution in [0.4, 0.5) is 0 Å². The highest BCUT2D eigenvalue weighted by Crippen LogP contribution is 2.10. The van der Waals surface area contributed by atoms with Crippen molar-refractivity contribution >= 4 is 22.1 Å². The molecule has 0 aromatic heterocycles. The number of hydrazone groups is 1. The molecule has 0 saturated carbocycles. The van der Waals surface area contributed by atoms with Crippen LogP contribution in [-0.4, -0.2) is 37.4 Å². The molecule has 4 heteroatoms. The van der Waals surface area contributed by atoms with Gasteiger partial charge in [-0.25, -0.2) is 0 Å². The zero-order chi connectivity index (χ0) is 15.2. The maximum atomic E-state index is 4.61. The zero-order valence-corrected chi connectivity index (χ0v) is 14.2. The van der Waals surface area contributed by atoms with Crippen molar-refractivity contribution < 1.29 is 4.90 Å². The van der Waals surface area contributed by atoms with Crippen molar-refractivity contribution in [1.82, 2.24) is 5.01 Å². The molecule has 2 aromatic carbocycles. The Hall–Kier alpha value is -1.65. The van der Waals surface area contributed by atoms with Gasteiger partial charge in [0.2, 0.25) is 0 Å². The van der Waals surface area contributed by atoms with Gasteiger partial charge in [0, 0.05) is 10.0 Å². The van der Waals surface area contributed by atoms with E-state index in [1.165, 1.54) is 5.56 Å². The summed E-state index contributed by atoms with van der Waals surface area (Å²) in [5, 5.41) is 6.79. The van der Waals surface area contributed by atoms with Crippen molar-refractivity contribution in [2.45, 2.75) is 6.54 Å². The van der Waals surface area contributed by atoms with E-state index < -0.39 is 0 Å². The van der Waals surface area contributed by atoms with Crippen LogP contribution in [0.15, 0.2) is 64.2 Å². The van der Waals surface area contributed by atoms with Gasteiger partial charge in [0.1, 0.15) is 6.54 Å². The minimum absolute atomic E-state index is 1.02. The summed E-state index contributed by atoms with van der Waals surface area (Å²) in [7, 11) is 0. The van der Waals surface area contributed by atoms with Crippen LogP contribution in [0.3, 0.4) is 0 Å². The number of halogens is 1. The Morgan fingerprint density at radius 1 is 1.05 bits per heavy atom. The zero-order valence-electron chi connectivity index (χ0n) is 12.6. The Balaban J connectivity index is 1.49. The van der Waals surface area contributed by atoms with E-state index in [1.807, 2.05) is 18.3 Å². The fourth-order valence-corrected chi connectivity index (χ4v) is 3.14. The van der Waals surface area contributed by atoms with Crippen LogP contribution in [0.5, 0.6) is 0 Å². The van der Waals surface area contributed by atoms with E-state index in [0.717, 1.165) is 42.8 Å². The summed E-state index contributed by atoms with van der Waals surface area (Å²) in [4.78, 5) is 1.64. The van der Waals surface area contributed by atoms with Crippen LogP contribution in [0.1, 0.15) is 11.1 Å². The Kier molecular flexibility index (Phi) is 5.24. The Bertz CT molecular complexity index is 619. The molecule has 0 aliphatic carbocycles. The average molecular weight is 359 g/mol. The third-order valence-electron chi connectivity index (χ3n) is 3.96. The summed E-state index contributed by atoms with van der Waals surface area (Å²) in [6, 6.07) is 19.0. The number of nitrogens with zero attached hydrogens (tertiary/aromatic N) is 2. The standard InChI is InChI=1S/C18H20BrN3/c19-18-8-4-7-17(13-18)14-20-22-11-9-21(10-12-22)15-16-5-2-1-3-6-16/h1-8,13-14H,9-12,15H2/p+1/b20-14-. The SMILES string of the molecule is Brc1cccc(/C=N\N2CC[NH+](Cc3ccccc3)CC2)c1. The molecule has 1 heterocycles. The Morgan fingerprint density at radius 3 is 2.55 bits per heavy atom. The Morgan fingerprint density at radius 2 is 1.82 bits per heavy atom. The summed E-state index contributed by atoms with van der Waals surface area (Å²) in [5.41, 5.74) is 2.55. The largest absolute Gasteiger partial charge is 0.328 e. The van der Waals surface area contributed by atoms with E-state index in [2.05, 4.69) is 68.5 Å². The fraction of sp³-hybridized carbons (Fsp3) is 0.278. The van der Waals surface area contributed by atoms with Crippen molar-refractivity contribution in [2.75, 3.05) is 26.2 Å². The predicted molar refractivity (Wildman–Crippen MR) is 94.2 cm³/mol. The van der Waals surface area contributed by atoms with Crippen LogP contribution in [-0.2, 0) is 6.54 Å². The van der Waals surface area contributed by atoms with Gasteiger partial charge in [-0.2, -0.15) is 5.10 Å². The molecular weight excluding hydrogens is 338 g/mol. The quantitative estimate of drug-likeness (QED) is 0.830. The first-order chi connectivity index (χ1) is 10.8. The summed E-state index contributed by atoms with van der Waals surface area (Å²) in [5.74, 6) is 0. The molecule has 0 bridgehead atoms. The van der Waals surface area contributed by atoms with Gasteiger partial charge in [-0.3, -0.25) is 5.01 Å². The van der Waals surface area contributed by atoms with Crippen molar-refractivity contribution in [3.8, 4) is 0 Å². The van der Waals surface area contributed by atoms with E-state index in [9.17, 15) is 0 Å². The summed E-state index contributed by atoms with van der Waals surface area (Å²) in [6.07, 6.45) is 1.95. The maximum Gasteiger partial charge on any atom is 0.103 e. The fourth-order valence-electron chi connectivity index (χ4n) is 2.72. The van der Waals surface area contributed by atoms with E-state index in [0.29, 0.717) is 0 Å². The maximum absolute atomic E-state index is 4.61. The first-order valence-corrected chi connectivity index (χ1v) is 8.51. The molecule has 1 aliphatic heterocycles. The molecule has 114 valence electrons. The highest BCUT2D eigenvalue weighted by Gasteiger charge is 2.18. The van der Waals surface area contributed by atoms with Crippen LogP contribution < -0.4 is 4.90 Å². The normalized spacial score (nSPS) is 16.3. The van der Waals surface area contributed by atoms with Gasteiger partial charge < -0.3 is 4.90 Å². The molecular formula is C18H21BrN3+. The lowest BCUT2D eigenvalue weighted by Crippen LogP contribution is -3.13. The molecule has 2 aromatic rings. The van der Waals surface area contributed by atoms with Gasteiger partial charge in [0.15, 0.2) is 0 Å². The third kappa shape index (κ3) is 4.42. The Labute approximate surface area is 140 Å².